The van der Waals surface area contributed by atoms with Crippen LogP contribution in [0.2, 0.25) is 0 Å². The molecule has 0 atom stereocenters. The first kappa shape index (κ1) is 18.6. The van der Waals surface area contributed by atoms with E-state index >= 15 is 0 Å². The van der Waals surface area contributed by atoms with Gasteiger partial charge in [0, 0.05) is 17.8 Å². The summed E-state index contributed by atoms with van der Waals surface area (Å²) in [6.45, 7) is 7.78. The number of fused-ring (bicyclic) bond motifs is 2. The Labute approximate surface area is 169 Å². The highest BCUT2D eigenvalue weighted by molar-refractivity contribution is 7.97. The molecule has 2 heterocycles. The van der Waals surface area contributed by atoms with Gasteiger partial charge in [0.1, 0.15) is 11.7 Å². The lowest BCUT2D eigenvalue weighted by Gasteiger charge is -2.43. The highest BCUT2D eigenvalue weighted by Gasteiger charge is 2.37. The zero-order valence-corrected chi connectivity index (χ0v) is 17.7. The summed E-state index contributed by atoms with van der Waals surface area (Å²) in [7, 11) is 0. The number of hydrogen-bond donors (Lipinski definition) is 3. The highest BCUT2D eigenvalue weighted by atomic mass is 32.2. The van der Waals surface area contributed by atoms with Crippen molar-refractivity contribution in [2.75, 3.05) is 16.5 Å². The Morgan fingerprint density at radius 2 is 1.86 bits per heavy atom. The number of benzene rings is 2. The summed E-state index contributed by atoms with van der Waals surface area (Å²) >= 11 is 1.68. The molecule has 1 aliphatic heterocycles. The van der Waals surface area contributed by atoms with E-state index < -0.39 is 5.54 Å². The average Bonchev–Trinajstić information content (AvgIpc) is 3.06. The standard InChI is InChI=1S/C22H25N5S/c1-13-15(16-7-6-8-19-17(16)11-12-26(19)28-5)9-10-18-20(13)27(14(2)23)21(24)22(3,4)25-18/h6-12,23-25H,1-5H3. The van der Waals surface area contributed by atoms with Crippen LogP contribution in [0, 0.1) is 17.7 Å². The number of nitrogens with one attached hydrogen (secondary N) is 3. The molecular weight excluding hydrogens is 366 g/mol. The summed E-state index contributed by atoms with van der Waals surface area (Å²) in [5, 5.41) is 21.6. The second-order valence-electron chi connectivity index (χ2n) is 7.72. The van der Waals surface area contributed by atoms with E-state index in [4.69, 9.17) is 10.8 Å². The summed E-state index contributed by atoms with van der Waals surface area (Å²) in [5.74, 6) is 0.743. The monoisotopic (exact) mass is 391 g/mol. The van der Waals surface area contributed by atoms with Crippen molar-refractivity contribution in [3.8, 4) is 11.1 Å². The summed E-state index contributed by atoms with van der Waals surface area (Å²) in [6.07, 6.45) is 4.17. The van der Waals surface area contributed by atoms with Gasteiger partial charge in [0.05, 0.1) is 22.4 Å². The topological polar surface area (TPSA) is 67.9 Å². The van der Waals surface area contributed by atoms with E-state index in [1.807, 2.05) is 13.8 Å². The average molecular weight is 392 g/mol. The third-order valence-corrected chi connectivity index (χ3v) is 6.15. The molecule has 3 aromatic rings. The highest BCUT2D eigenvalue weighted by Crippen LogP contribution is 2.43. The normalized spacial score (nSPS) is 15.5. The molecular formula is C22H25N5S. The zero-order chi connectivity index (χ0) is 20.2. The smallest absolute Gasteiger partial charge is 0.132 e. The van der Waals surface area contributed by atoms with Crippen LogP contribution in [-0.2, 0) is 0 Å². The summed E-state index contributed by atoms with van der Waals surface area (Å²) < 4.78 is 2.17. The van der Waals surface area contributed by atoms with E-state index in [-0.39, 0.29) is 0 Å². The van der Waals surface area contributed by atoms with Crippen molar-refractivity contribution in [2.24, 2.45) is 0 Å². The lowest BCUT2D eigenvalue weighted by molar-refractivity contribution is 0.732. The molecule has 0 fully saturated rings. The molecule has 0 spiro atoms. The van der Waals surface area contributed by atoms with Crippen LogP contribution in [0.25, 0.3) is 22.0 Å². The number of amidine groups is 2. The van der Waals surface area contributed by atoms with Gasteiger partial charge in [0.2, 0.25) is 0 Å². The van der Waals surface area contributed by atoms with E-state index in [0.29, 0.717) is 11.7 Å². The molecule has 5 nitrogen and oxygen atoms in total. The summed E-state index contributed by atoms with van der Waals surface area (Å²) in [6, 6.07) is 12.8. The Bertz CT molecular complexity index is 1130. The summed E-state index contributed by atoms with van der Waals surface area (Å²) in [5.41, 5.74) is 5.89. The van der Waals surface area contributed by atoms with Crippen LogP contribution in [-0.4, -0.2) is 27.4 Å². The Morgan fingerprint density at radius 1 is 1.11 bits per heavy atom. The van der Waals surface area contributed by atoms with Gasteiger partial charge in [0.25, 0.3) is 0 Å². The number of nitrogens with zero attached hydrogens (tertiary/aromatic N) is 2. The Balaban J connectivity index is 1.97. The van der Waals surface area contributed by atoms with E-state index in [9.17, 15) is 0 Å². The van der Waals surface area contributed by atoms with Crippen LogP contribution in [0.4, 0.5) is 11.4 Å². The van der Waals surface area contributed by atoms with E-state index in [0.717, 1.165) is 22.5 Å². The number of aromatic nitrogens is 1. The molecule has 3 N–H and O–H groups in total. The van der Waals surface area contributed by atoms with Gasteiger partial charge in [-0.3, -0.25) is 19.7 Å². The van der Waals surface area contributed by atoms with Crippen molar-refractivity contribution in [3.63, 3.8) is 0 Å². The Kier molecular flexibility index (Phi) is 4.27. The van der Waals surface area contributed by atoms with Crippen molar-refractivity contribution in [1.82, 2.24) is 3.97 Å². The van der Waals surface area contributed by atoms with Crippen LogP contribution in [0.15, 0.2) is 42.6 Å². The first-order chi connectivity index (χ1) is 13.3. The minimum absolute atomic E-state index is 0.354. The molecule has 4 rings (SSSR count). The molecule has 6 heteroatoms. The van der Waals surface area contributed by atoms with Gasteiger partial charge >= 0.3 is 0 Å². The second kappa shape index (κ2) is 6.41. The molecule has 144 valence electrons. The lowest BCUT2D eigenvalue weighted by atomic mass is 9.91. The largest absolute Gasteiger partial charge is 0.371 e. The zero-order valence-electron chi connectivity index (χ0n) is 16.8. The maximum absolute atomic E-state index is 8.66. The van der Waals surface area contributed by atoms with Crippen LogP contribution >= 0.6 is 11.9 Å². The van der Waals surface area contributed by atoms with Crippen molar-refractivity contribution >= 4 is 45.9 Å². The fourth-order valence-corrected chi connectivity index (χ4v) is 4.58. The Hall–Kier alpha value is -2.73. The van der Waals surface area contributed by atoms with Crippen molar-refractivity contribution < 1.29 is 0 Å². The molecule has 0 aliphatic carbocycles. The van der Waals surface area contributed by atoms with Crippen LogP contribution in [0.1, 0.15) is 26.3 Å². The minimum atomic E-state index is -0.529. The molecule has 1 aliphatic rings. The SMILES string of the molecule is CSn1ccc2c(-c3ccc4c(c3C)N(C(C)=N)C(=N)C(C)(C)N4)cccc21. The quantitative estimate of drug-likeness (QED) is 0.386. The maximum atomic E-state index is 8.66. The lowest BCUT2D eigenvalue weighted by Crippen LogP contribution is -2.55. The van der Waals surface area contributed by atoms with Gasteiger partial charge < -0.3 is 5.32 Å². The number of hydrogen-bond acceptors (Lipinski definition) is 4. The Morgan fingerprint density at radius 3 is 2.54 bits per heavy atom. The minimum Gasteiger partial charge on any atom is -0.371 e. The molecule has 0 unspecified atom stereocenters. The number of rotatable bonds is 2. The third-order valence-electron chi connectivity index (χ3n) is 5.44. The molecule has 28 heavy (non-hydrogen) atoms. The summed E-state index contributed by atoms with van der Waals surface area (Å²) in [4.78, 5) is 1.76. The first-order valence-electron chi connectivity index (χ1n) is 9.27. The number of anilines is 2. The predicted molar refractivity (Wildman–Crippen MR) is 122 cm³/mol. The fraction of sp³-hybridized carbons (Fsp3) is 0.273. The van der Waals surface area contributed by atoms with E-state index in [1.54, 1.807) is 23.8 Å². The van der Waals surface area contributed by atoms with Gasteiger partial charge in [0.15, 0.2) is 0 Å². The molecule has 2 aromatic carbocycles. The van der Waals surface area contributed by atoms with Gasteiger partial charge in [-0.15, -0.1) is 0 Å². The predicted octanol–water partition coefficient (Wildman–Crippen LogP) is 5.73. The van der Waals surface area contributed by atoms with E-state index in [1.165, 1.54) is 16.5 Å². The first-order valence-corrected chi connectivity index (χ1v) is 10.5. The van der Waals surface area contributed by atoms with Crippen molar-refractivity contribution in [3.05, 3.63) is 48.2 Å². The van der Waals surface area contributed by atoms with Crippen molar-refractivity contribution in [2.45, 2.75) is 33.2 Å². The maximum Gasteiger partial charge on any atom is 0.132 e. The second-order valence-corrected chi connectivity index (χ2v) is 8.47. The third kappa shape index (κ3) is 2.63. The molecule has 0 saturated carbocycles. The van der Waals surface area contributed by atoms with Gasteiger partial charge in [-0.1, -0.05) is 18.2 Å². The fourth-order valence-electron chi connectivity index (χ4n) is 4.04. The molecule has 1 aromatic heterocycles. The molecule has 0 saturated heterocycles. The van der Waals surface area contributed by atoms with Crippen LogP contribution in [0.5, 0.6) is 0 Å². The molecule has 0 bridgehead atoms. The van der Waals surface area contributed by atoms with Gasteiger partial charge in [-0.25, -0.2) is 0 Å². The van der Waals surface area contributed by atoms with Crippen molar-refractivity contribution in [1.29, 1.82) is 10.8 Å². The van der Waals surface area contributed by atoms with Crippen LogP contribution in [0.3, 0.4) is 0 Å². The van der Waals surface area contributed by atoms with Gasteiger partial charge in [-0.05, 0) is 74.5 Å². The molecule has 0 amide bonds. The molecule has 0 radical (unpaired) electrons. The van der Waals surface area contributed by atoms with E-state index in [2.05, 4.69) is 65.1 Å². The van der Waals surface area contributed by atoms with Gasteiger partial charge in [-0.2, -0.15) is 0 Å². The van der Waals surface area contributed by atoms with Crippen LogP contribution < -0.4 is 10.2 Å².